The third-order valence-corrected chi connectivity index (χ3v) is 4.18. The summed E-state index contributed by atoms with van der Waals surface area (Å²) in [6, 6.07) is 5.84. The van der Waals surface area contributed by atoms with Crippen LogP contribution in [-0.4, -0.2) is 11.7 Å². The summed E-state index contributed by atoms with van der Waals surface area (Å²) < 4.78 is 66.2. The van der Waals surface area contributed by atoms with Crippen LogP contribution in [0, 0.1) is 40.4 Å². The molecule has 0 atom stereocenters. The average molecular weight is 393 g/mol. The third-order valence-electron chi connectivity index (χ3n) is 2.89. The summed E-state index contributed by atoms with van der Waals surface area (Å²) in [7, 11) is 0. The second-order valence-corrected chi connectivity index (χ2v) is 5.96. The fraction of sp³-hybridized carbons (Fsp3) is 0.0667. The van der Waals surface area contributed by atoms with Gasteiger partial charge in [-0.2, -0.15) is 5.26 Å². The summed E-state index contributed by atoms with van der Waals surface area (Å²) in [5.41, 5.74) is 0.136. The first-order chi connectivity index (χ1) is 11.8. The van der Waals surface area contributed by atoms with Crippen molar-refractivity contribution in [2.75, 3.05) is 11.1 Å². The standard InChI is InChI=1S/C15H6ClF5N2OS/c16-7-2-1-6(4-22)8(3-7)23-9(24)5-25-15-13(20)11(18)10(17)12(19)14(15)21/h1-3H,5H2,(H,23,24). The molecule has 0 spiro atoms. The number of hydrogen-bond donors (Lipinski definition) is 1. The lowest BCUT2D eigenvalue weighted by Gasteiger charge is -2.09. The molecule has 25 heavy (non-hydrogen) atoms. The number of thioether (sulfide) groups is 1. The van der Waals surface area contributed by atoms with Gasteiger partial charge in [-0.15, -0.1) is 11.8 Å². The zero-order chi connectivity index (χ0) is 18.7. The lowest BCUT2D eigenvalue weighted by atomic mass is 10.2. The summed E-state index contributed by atoms with van der Waals surface area (Å²) in [5.74, 6) is -12.0. The minimum absolute atomic E-state index is 0.0537. The van der Waals surface area contributed by atoms with Gasteiger partial charge in [-0.1, -0.05) is 11.6 Å². The molecule has 0 heterocycles. The number of nitrogens with one attached hydrogen (secondary N) is 1. The Bertz CT molecular complexity index is 871. The Balaban J connectivity index is 2.17. The van der Waals surface area contributed by atoms with Crippen LogP contribution in [0.25, 0.3) is 0 Å². The number of carbonyl (C=O) groups is 1. The molecule has 2 aromatic carbocycles. The zero-order valence-electron chi connectivity index (χ0n) is 12.0. The predicted octanol–water partition coefficient (Wildman–Crippen LogP) is 4.64. The summed E-state index contributed by atoms with van der Waals surface area (Å²) in [4.78, 5) is 10.7. The first-order valence-electron chi connectivity index (χ1n) is 6.40. The minimum Gasteiger partial charge on any atom is -0.324 e. The van der Waals surface area contributed by atoms with E-state index in [0.29, 0.717) is 0 Å². The number of benzene rings is 2. The van der Waals surface area contributed by atoms with E-state index in [-0.39, 0.29) is 28.0 Å². The highest BCUT2D eigenvalue weighted by Gasteiger charge is 2.26. The number of nitriles is 1. The molecule has 0 saturated heterocycles. The van der Waals surface area contributed by atoms with Crippen molar-refractivity contribution in [1.29, 1.82) is 5.26 Å². The lowest BCUT2D eigenvalue weighted by Crippen LogP contribution is -2.15. The molecule has 0 fully saturated rings. The molecule has 0 saturated carbocycles. The van der Waals surface area contributed by atoms with Gasteiger partial charge in [0, 0.05) is 5.02 Å². The van der Waals surface area contributed by atoms with Crippen molar-refractivity contribution in [2.24, 2.45) is 0 Å². The molecule has 0 radical (unpaired) electrons. The highest BCUT2D eigenvalue weighted by molar-refractivity contribution is 8.00. The number of rotatable bonds is 4. The molecule has 1 amide bonds. The van der Waals surface area contributed by atoms with Gasteiger partial charge in [0.25, 0.3) is 0 Å². The first-order valence-corrected chi connectivity index (χ1v) is 7.76. The van der Waals surface area contributed by atoms with E-state index in [2.05, 4.69) is 5.32 Å². The SMILES string of the molecule is N#Cc1ccc(Cl)cc1NC(=O)CSc1c(F)c(F)c(F)c(F)c1F. The van der Waals surface area contributed by atoms with Crippen LogP contribution >= 0.6 is 23.4 Å². The van der Waals surface area contributed by atoms with E-state index in [0.717, 1.165) is 0 Å². The topological polar surface area (TPSA) is 52.9 Å². The first kappa shape index (κ1) is 19.0. The van der Waals surface area contributed by atoms with Crippen LogP contribution in [0.2, 0.25) is 5.02 Å². The number of halogens is 6. The van der Waals surface area contributed by atoms with Crippen molar-refractivity contribution in [2.45, 2.75) is 4.90 Å². The summed E-state index contributed by atoms with van der Waals surface area (Å²) in [6.45, 7) is 0. The van der Waals surface area contributed by atoms with E-state index in [1.54, 1.807) is 6.07 Å². The number of nitrogens with zero attached hydrogens (tertiary/aromatic N) is 1. The van der Waals surface area contributed by atoms with Gasteiger partial charge in [-0.25, -0.2) is 22.0 Å². The maximum Gasteiger partial charge on any atom is 0.234 e. The van der Waals surface area contributed by atoms with Crippen LogP contribution in [0.4, 0.5) is 27.6 Å². The Hall–Kier alpha value is -2.31. The second kappa shape index (κ2) is 7.72. The molecule has 130 valence electrons. The van der Waals surface area contributed by atoms with E-state index in [4.69, 9.17) is 16.9 Å². The zero-order valence-corrected chi connectivity index (χ0v) is 13.5. The Morgan fingerprint density at radius 3 is 2.20 bits per heavy atom. The molecule has 0 aromatic heterocycles. The van der Waals surface area contributed by atoms with E-state index in [9.17, 15) is 26.7 Å². The van der Waals surface area contributed by atoms with Crippen LogP contribution in [0.15, 0.2) is 23.1 Å². The average Bonchev–Trinajstić information content (AvgIpc) is 2.58. The van der Waals surface area contributed by atoms with Gasteiger partial charge in [0.2, 0.25) is 11.7 Å². The lowest BCUT2D eigenvalue weighted by molar-refractivity contribution is -0.113. The molecule has 0 unspecified atom stereocenters. The maximum absolute atomic E-state index is 13.5. The van der Waals surface area contributed by atoms with Gasteiger partial charge in [0.1, 0.15) is 6.07 Å². The van der Waals surface area contributed by atoms with Crippen LogP contribution in [0.1, 0.15) is 5.56 Å². The van der Waals surface area contributed by atoms with Crippen molar-refractivity contribution < 1.29 is 26.7 Å². The van der Waals surface area contributed by atoms with Crippen molar-refractivity contribution in [3.8, 4) is 6.07 Å². The van der Waals surface area contributed by atoms with Crippen molar-refractivity contribution >= 4 is 35.0 Å². The monoisotopic (exact) mass is 392 g/mol. The fourth-order valence-electron chi connectivity index (χ4n) is 1.75. The van der Waals surface area contributed by atoms with Gasteiger partial charge in [-0.3, -0.25) is 4.79 Å². The Morgan fingerprint density at radius 1 is 1.08 bits per heavy atom. The number of anilines is 1. The van der Waals surface area contributed by atoms with Gasteiger partial charge < -0.3 is 5.32 Å². The molecule has 10 heteroatoms. The highest BCUT2D eigenvalue weighted by atomic mass is 35.5. The van der Waals surface area contributed by atoms with E-state index < -0.39 is 45.6 Å². The Labute approximate surface area is 147 Å². The van der Waals surface area contributed by atoms with Crippen LogP contribution < -0.4 is 5.32 Å². The Morgan fingerprint density at radius 2 is 1.64 bits per heavy atom. The van der Waals surface area contributed by atoms with E-state index in [1.165, 1.54) is 18.2 Å². The van der Waals surface area contributed by atoms with Crippen LogP contribution in [-0.2, 0) is 4.79 Å². The van der Waals surface area contributed by atoms with E-state index in [1.807, 2.05) is 0 Å². The molecule has 0 bridgehead atoms. The smallest absolute Gasteiger partial charge is 0.234 e. The molecule has 0 aliphatic carbocycles. The fourth-order valence-corrected chi connectivity index (χ4v) is 2.71. The number of amides is 1. The highest BCUT2D eigenvalue weighted by Crippen LogP contribution is 2.31. The van der Waals surface area contributed by atoms with Crippen molar-refractivity contribution in [3.63, 3.8) is 0 Å². The predicted molar refractivity (Wildman–Crippen MR) is 81.8 cm³/mol. The molecule has 0 aliphatic rings. The maximum atomic E-state index is 13.5. The minimum atomic E-state index is -2.28. The molecule has 2 aromatic rings. The third kappa shape index (κ3) is 4.03. The van der Waals surface area contributed by atoms with Crippen molar-refractivity contribution in [1.82, 2.24) is 0 Å². The quantitative estimate of drug-likeness (QED) is 0.357. The molecular weight excluding hydrogens is 387 g/mol. The van der Waals surface area contributed by atoms with Crippen LogP contribution in [0.5, 0.6) is 0 Å². The summed E-state index contributed by atoms with van der Waals surface area (Å²) in [5, 5.41) is 11.4. The Kier molecular flexibility index (Phi) is 5.87. The molecule has 3 nitrogen and oxygen atoms in total. The van der Waals surface area contributed by atoms with Crippen molar-refractivity contribution in [3.05, 3.63) is 57.9 Å². The largest absolute Gasteiger partial charge is 0.324 e. The second-order valence-electron chi connectivity index (χ2n) is 4.54. The molecule has 0 aliphatic heterocycles. The normalized spacial score (nSPS) is 10.4. The van der Waals surface area contributed by atoms with Crippen LogP contribution in [0.3, 0.4) is 0 Å². The number of hydrogen-bond acceptors (Lipinski definition) is 3. The molecule has 1 N–H and O–H groups in total. The van der Waals surface area contributed by atoms with E-state index >= 15 is 0 Å². The molecular formula is C15H6ClF5N2OS. The number of carbonyl (C=O) groups excluding carboxylic acids is 1. The summed E-state index contributed by atoms with van der Waals surface area (Å²) in [6.07, 6.45) is 0. The molecule has 2 rings (SSSR count). The van der Waals surface area contributed by atoms with Gasteiger partial charge in [0.15, 0.2) is 23.3 Å². The van der Waals surface area contributed by atoms with Gasteiger partial charge in [-0.05, 0) is 18.2 Å². The van der Waals surface area contributed by atoms with Gasteiger partial charge >= 0.3 is 0 Å². The van der Waals surface area contributed by atoms with Gasteiger partial charge in [0.05, 0.1) is 21.9 Å². The summed E-state index contributed by atoms with van der Waals surface area (Å²) >= 11 is 5.87.